The van der Waals surface area contributed by atoms with Gasteiger partial charge >= 0.3 is 0 Å². The van der Waals surface area contributed by atoms with Gasteiger partial charge in [0.05, 0.1) is 13.2 Å². The van der Waals surface area contributed by atoms with Crippen molar-refractivity contribution in [2.45, 2.75) is 31.7 Å². The van der Waals surface area contributed by atoms with E-state index in [1.165, 1.54) is 0 Å². The number of hydrogen-bond donors (Lipinski definition) is 1. The van der Waals surface area contributed by atoms with Gasteiger partial charge in [0.1, 0.15) is 12.3 Å². The first-order chi connectivity index (χ1) is 11.0. The molecule has 3 heterocycles. The fourth-order valence-corrected chi connectivity index (χ4v) is 3.69. The lowest BCUT2D eigenvalue weighted by atomic mass is 10.1. The molecule has 0 spiro atoms. The van der Waals surface area contributed by atoms with E-state index in [-0.39, 0.29) is 25.7 Å². The average molecular weight is 345 g/mol. The Balaban J connectivity index is 1.55. The zero-order chi connectivity index (χ0) is 16.3. The van der Waals surface area contributed by atoms with Crippen LogP contribution in [0.2, 0.25) is 0 Å². The molecule has 7 nitrogen and oxygen atoms in total. The van der Waals surface area contributed by atoms with Gasteiger partial charge in [0, 0.05) is 44.7 Å². The summed E-state index contributed by atoms with van der Waals surface area (Å²) in [5, 5.41) is 0. The van der Waals surface area contributed by atoms with Crippen molar-refractivity contribution in [2.75, 3.05) is 26.3 Å². The number of aromatic nitrogens is 1. The molecule has 0 amide bonds. The van der Waals surface area contributed by atoms with Crippen LogP contribution in [0.3, 0.4) is 0 Å². The van der Waals surface area contributed by atoms with Gasteiger partial charge in [0.15, 0.2) is 0 Å². The molecule has 0 aromatic carbocycles. The minimum atomic E-state index is -3.63. The Hall–Kier alpha value is -1.29. The topological polar surface area (TPSA) is 80.8 Å². The zero-order valence-electron chi connectivity index (χ0n) is 12.7. The summed E-state index contributed by atoms with van der Waals surface area (Å²) in [4.78, 5) is 4.15. The number of nitrogens with one attached hydrogen (secondary N) is 1. The molecular weight excluding hydrogens is 325 g/mol. The van der Waals surface area contributed by atoms with Crippen molar-refractivity contribution in [1.29, 1.82) is 0 Å². The summed E-state index contributed by atoms with van der Waals surface area (Å²) < 4.78 is 51.2. The molecule has 23 heavy (non-hydrogen) atoms. The summed E-state index contributed by atoms with van der Waals surface area (Å²) >= 11 is 0. The van der Waals surface area contributed by atoms with Crippen LogP contribution < -0.4 is 9.46 Å². The fourth-order valence-electron chi connectivity index (χ4n) is 2.44. The molecule has 128 valence electrons. The van der Waals surface area contributed by atoms with Crippen LogP contribution >= 0.6 is 0 Å². The number of ether oxygens (including phenoxy) is 2. The van der Waals surface area contributed by atoms with E-state index in [0.29, 0.717) is 19.1 Å². The highest BCUT2D eigenvalue weighted by Crippen LogP contribution is 2.18. The minimum absolute atomic E-state index is 0.0748. The average Bonchev–Trinajstić information content (AvgIpc) is 2.51. The second-order valence-electron chi connectivity index (χ2n) is 5.67. The summed E-state index contributed by atoms with van der Waals surface area (Å²) in [6.45, 7) is 1.31. The van der Waals surface area contributed by atoms with Gasteiger partial charge in [-0.05, 0) is 11.6 Å². The molecule has 3 rings (SSSR count). The van der Waals surface area contributed by atoms with E-state index in [1.54, 1.807) is 18.3 Å². The van der Waals surface area contributed by atoms with E-state index in [2.05, 4.69) is 9.71 Å². The van der Waals surface area contributed by atoms with Crippen molar-refractivity contribution in [1.82, 2.24) is 14.0 Å². The zero-order valence-corrected chi connectivity index (χ0v) is 13.5. The van der Waals surface area contributed by atoms with Gasteiger partial charge in [-0.3, -0.25) is 0 Å². The first-order valence-electron chi connectivity index (χ1n) is 7.61. The fraction of sp³-hybridized carbons (Fsp3) is 0.643. The first-order valence-corrected chi connectivity index (χ1v) is 9.05. The van der Waals surface area contributed by atoms with E-state index in [4.69, 9.17) is 9.47 Å². The monoisotopic (exact) mass is 345 g/mol. The normalized spacial score (nSPS) is 21.1. The summed E-state index contributed by atoms with van der Waals surface area (Å²) in [5.74, 6) is 0.473. The van der Waals surface area contributed by atoms with E-state index < -0.39 is 16.4 Å². The Morgan fingerprint density at radius 2 is 2.13 bits per heavy atom. The lowest BCUT2D eigenvalue weighted by Gasteiger charge is -2.32. The number of alkyl halides is 1. The predicted molar refractivity (Wildman–Crippen MR) is 80.9 cm³/mol. The van der Waals surface area contributed by atoms with E-state index in [9.17, 15) is 12.8 Å². The van der Waals surface area contributed by atoms with Gasteiger partial charge in [-0.2, -0.15) is 17.4 Å². The Kier molecular flexibility index (Phi) is 5.10. The second kappa shape index (κ2) is 7.08. The van der Waals surface area contributed by atoms with Gasteiger partial charge in [-0.1, -0.05) is 0 Å². The molecule has 1 N–H and O–H groups in total. The van der Waals surface area contributed by atoms with Gasteiger partial charge in [-0.25, -0.2) is 9.37 Å². The van der Waals surface area contributed by atoms with E-state index in [1.807, 2.05) is 0 Å². The lowest BCUT2D eigenvalue weighted by Crippen LogP contribution is -2.55. The SMILES string of the molecule is O=S(=O)(NCc1ccnc(OC2CCOCC2)c1)N1CC(F)C1. The molecule has 2 aliphatic heterocycles. The third kappa shape index (κ3) is 4.37. The van der Waals surface area contributed by atoms with Crippen molar-refractivity contribution in [3.63, 3.8) is 0 Å². The number of nitrogens with zero attached hydrogens (tertiary/aromatic N) is 2. The Morgan fingerprint density at radius 3 is 2.83 bits per heavy atom. The lowest BCUT2D eigenvalue weighted by molar-refractivity contribution is 0.0237. The van der Waals surface area contributed by atoms with Crippen molar-refractivity contribution >= 4 is 10.2 Å². The Morgan fingerprint density at radius 1 is 1.39 bits per heavy atom. The highest BCUT2D eigenvalue weighted by Gasteiger charge is 2.35. The Labute approximate surface area is 135 Å². The van der Waals surface area contributed by atoms with Crippen LogP contribution in [-0.2, 0) is 21.5 Å². The molecule has 1 aromatic heterocycles. The molecule has 0 aliphatic carbocycles. The van der Waals surface area contributed by atoms with E-state index >= 15 is 0 Å². The molecule has 9 heteroatoms. The highest BCUT2D eigenvalue weighted by molar-refractivity contribution is 7.87. The summed E-state index contributed by atoms with van der Waals surface area (Å²) in [6.07, 6.45) is 2.23. The number of halogens is 1. The molecule has 0 saturated carbocycles. The first kappa shape index (κ1) is 16.6. The molecule has 0 atom stereocenters. The van der Waals surface area contributed by atoms with Gasteiger partial charge in [0.25, 0.3) is 10.2 Å². The summed E-state index contributed by atoms with van der Waals surface area (Å²) in [6, 6.07) is 3.43. The van der Waals surface area contributed by atoms with Crippen molar-refractivity contribution in [3.8, 4) is 5.88 Å². The van der Waals surface area contributed by atoms with Crippen LogP contribution in [-0.4, -0.2) is 56.3 Å². The Bertz CT molecular complexity index is 631. The minimum Gasteiger partial charge on any atom is -0.474 e. The van der Waals surface area contributed by atoms with Crippen molar-refractivity contribution in [2.24, 2.45) is 0 Å². The third-order valence-electron chi connectivity index (χ3n) is 3.86. The van der Waals surface area contributed by atoms with Crippen LogP contribution in [0.1, 0.15) is 18.4 Å². The van der Waals surface area contributed by atoms with E-state index in [0.717, 1.165) is 22.7 Å². The number of rotatable bonds is 6. The number of pyridine rings is 1. The number of hydrogen-bond acceptors (Lipinski definition) is 5. The smallest absolute Gasteiger partial charge is 0.279 e. The second-order valence-corrected chi connectivity index (χ2v) is 7.43. The maximum absolute atomic E-state index is 12.8. The van der Waals surface area contributed by atoms with Gasteiger partial charge < -0.3 is 9.47 Å². The van der Waals surface area contributed by atoms with Crippen molar-refractivity contribution in [3.05, 3.63) is 23.9 Å². The van der Waals surface area contributed by atoms with Crippen LogP contribution in [0.15, 0.2) is 18.3 Å². The maximum Gasteiger partial charge on any atom is 0.279 e. The molecule has 2 saturated heterocycles. The molecule has 0 unspecified atom stereocenters. The van der Waals surface area contributed by atoms with Gasteiger partial charge in [0.2, 0.25) is 5.88 Å². The van der Waals surface area contributed by atoms with Crippen LogP contribution in [0, 0.1) is 0 Å². The van der Waals surface area contributed by atoms with Gasteiger partial charge in [-0.15, -0.1) is 0 Å². The summed E-state index contributed by atoms with van der Waals surface area (Å²) in [7, 11) is -3.63. The predicted octanol–water partition coefficient (Wildman–Crippen LogP) is 0.627. The largest absolute Gasteiger partial charge is 0.474 e. The molecule has 0 radical (unpaired) electrons. The van der Waals surface area contributed by atoms with Crippen LogP contribution in [0.25, 0.3) is 0 Å². The molecule has 0 bridgehead atoms. The quantitative estimate of drug-likeness (QED) is 0.818. The molecule has 1 aromatic rings. The van der Waals surface area contributed by atoms with Crippen LogP contribution in [0.4, 0.5) is 4.39 Å². The third-order valence-corrected chi connectivity index (χ3v) is 5.34. The standard InChI is InChI=1S/C14H20FN3O4S/c15-12-9-18(10-12)23(19,20)17-8-11-1-4-16-14(7-11)22-13-2-5-21-6-3-13/h1,4,7,12-13,17H,2-3,5-6,8-10H2. The van der Waals surface area contributed by atoms with Crippen LogP contribution in [0.5, 0.6) is 5.88 Å². The molecule has 2 aliphatic rings. The molecule has 2 fully saturated rings. The summed E-state index contributed by atoms with van der Waals surface area (Å²) in [5.41, 5.74) is 0.739. The molecular formula is C14H20FN3O4S. The highest BCUT2D eigenvalue weighted by atomic mass is 32.2. The van der Waals surface area contributed by atoms with Crippen molar-refractivity contribution < 1.29 is 22.3 Å². The maximum atomic E-state index is 12.8.